The minimum atomic E-state index is -0.905. The quantitative estimate of drug-likeness (QED) is 0.0452. The molecule has 10 rings (SSSR count). The van der Waals surface area contributed by atoms with E-state index < -0.39 is 30.2 Å². The zero-order chi connectivity index (χ0) is 49.1. The number of aromatic nitrogens is 1. The summed E-state index contributed by atoms with van der Waals surface area (Å²) in [6, 6.07) is 45.9. The zero-order valence-corrected chi connectivity index (χ0v) is 39.0. The number of hydrogen-bond donors (Lipinski definition) is 6. The van der Waals surface area contributed by atoms with Gasteiger partial charge in [0.1, 0.15) is 30.8 Å². The van der Waals surface area contributed by atoms with E-state index in [4.69, 9.17) is 14.2 Å². The van der Waals surface area contributed by atoms with Gasteiger partial charge in [-0.3, -0.25) is 14.6 Å². The van der Waals surface area contributed by atoms with Gasteiger partial charge in [0.15, 0.2) is 0 Å². The summed E-state index contributed by atoms with van der Waals surface area (Å²) in [7, 11) is 0. The van der Waals surface area contributed by atoms with E-state index in [-0.39, 0.29) is 49.2 Å². The van der Waals surface area contributed by atoms with Gasteiger partial charge in [-0.05, 0) is 120 Å². The number of amides is 3. The molecule has 0 spiro atoms. The number of nitrogens with zero attached hydrogens (tertiary/aromatic N) is 2. The second-order valence-corrected chi connectivity index (χ2v) is 17.8. The molecular weight excluding hydrogens is 901 g/mol. The number of carbonyl (C=O) groups excluding carboxylic acids is 3. The third-order valence-corrected chi connectivity index (χ3v) is 13.0. The monoisotopic (exact) mass is 956 g/mol. The van der Waals surface area contributed by atoms with Gasteiger partial charge in [0.2, 0.25) is 5.56 Å². The number of esters is 1. The van der Waals surface area contributed by atoms with E-state index in [0.29, 0.717) is 46.1 Å². The maximum Gasteiger partial charge on any atom is 0.408 e. The molecule has 15 nitrogen and oxygen atoms in total. The van der Waals surface area contributed by atoms with Crippen molar-refractivity contribution in [3.8, 4) is 11.5 Å². The smallest absolute Gasteiger partial charge is 0.408 e. The lowest BCUT2D eigenvalue weighted by Crippen LogP contribution is -2.52. The van der Waals surface area contributed by atoms with Crippen LogP contribution >= 0.6 is 0 Å². The van der Waals surface area contributed by atoms with E-state index in [2.05, 4.69) is 25.8 Å². The highest BCUT2D eigenvalue weighted by Crippen LogP contribution is 2.32. The van der Waals surface area contributed by atoms with Gasteiger partial charge in [-0.2, -0.15) is 0 Å². The molecule has 3 aliphatic rings. The van der Waals surface area contributed by atoms with E-state index in [1.165, 1.54) is 17.0 Å². The number of aromatic amines is 1. The number of rotatable bonds is 18. The van der Waals surface area contributed by atoms with Gasteiger partial charge in [-0.1, -0.05) is 91.0 Å². The number of hydrogen-bond acceptors (Lipinski definition) is 11. The molecule has 1 aromatic heterocycles. The Kier molecular flexibility index (Phi) is 15.3. The number of benzene rings is 6. The van der Waals surface area contributed by atoms with Crippen LogP contribution in [0.2, 0.25) is 0 Å². The number of aliphatic hydroxyl groups is 1. The number of fused-ring (bicyclic) bond motifs is 4. The number of phenolic OH excluding ortho intramolecular Hbond substituents is 1. The Balaban J connectivity index is 0.748. The number of aromatic hydroxyl groups is 1. The molecular formula is C56H56N6O9. The van der Waals surface area contributed by atoms with Crippen molar-refractivity contribution in [1.29, 1.82) is 0 Å². The average molecular weight is 957 g/mol. The lowest BCUT2D eigenvalue weighted by atomic mass is 9.86. The van der Waals surface area contributed by atoms with Crippen molar-refractivity contribution in [1.82, 2.24) is 20.5 Å². The number of phenols is 1. The Morgan fingerprint density at radius 3 is 2.24 bits per heavy atom. The summed E-state index contributed by atoms with van der Waals surface area (Å²) in [4.78, 5) is 58.4. The predicted octanol–water partition coefficient (Wildman–Crippen LogP) is 8.44. The van der Waals surface area contributed by atoms with Crippen LogP contribution < -0.4 is 31.1 Å². The van der Waals surface area contributed by atoms with Crippen molar-refractivity contribution in [3.63, 3.8) is 0 Å². The van der Waals surface area contributed by atoms with E-state index in [0.717, 1.165) is 54.7 Å². The van der Waals surface area contributed by atoms with Crippen molar-refractivity contribution in [2.75, 3.05) is 49.5 Å². The van der Waals surface area contributed by atoms with Crippen LogP contribution in [-0.4, -0.2) is 83.6 Å². The number of aliphatic hydroxyl groups excluding tert-OH is 1. The fourth-order valence-electron chi connectivity index (χ4n) is 9.20. The van der Waals surface area contributed by atoms with Gasteiger partial charge < -0.3 is 45.4 Å². The number of ether oxygens (including phenoxy) is 3. The maximum atomic E-state index is 13.7. The minimum absolute atomic E-state index is 0.0626. The lowest BCUT2D eigenvalue weighted by molar-refractivity contribution is -0.0336. The molecule has 0 radical (unpaired) electrons. The number of piperidine rings is 3. The van der Waals surface area contributed by atoms with Gasteiger partial charge in [0.25, 0.3) is 0 Å². The number of H-pyrrole nitrogens is 1. The average Bonchev–Trinajstić information content (AvgIpc) is 3.40. The maximum absolute atomic E-state index is 13.7. The van der Waals surface area contributed by atoms with Gasteiger partial charge in [0.05, 0.1) is 29.8 Å². The van der Waals surface area contributed by atoms with Crippen LogP contribution in [0.1, 0.15) is 63.2 Å². The number of urea groups is 1. The van der Waals surface area contributed by atoms with Crippen LogP contribution in [-0.2, 0) is 22.6 Å². The van der Waals surface area contributed by atoms with Crippen molar-refractivity contribution in [2.45, 2.75) is 44.2 Å². The molecule has 2 bridgehead atoms. The Morgan fingerprint density at radius 1 is 0.789 bits per heavy atom. The molecule has 2 unspecified atom stereocenters. The number of para-hydroxylation sites is 1. The van der Waals surface area contributed by atoms with Crippen molar-refractivity contribution in [3.05, 3.63) is 201 Å². The molecule has 0 saturated carbocycles. The number of alkyl carbamates (subject to hydrolysis) is 1. The molecule has 3 saturated heterocycles. The van der Waals surface area contributed by atoms with Crippen molar-refractivity contribution < 1.29 is 38.8 Å². The van der Waals surface area contributed by atoms with Crippen molar-refractivity contribution in [2.24, 2.45) is 5.92 Å². The molecule has 71 heavy (non-hydrogen) atoms. The van der Waals surface area contributed by atoms with Gasteiger partial charge in [-0.25, -0.2) is 14.4 Å². The van der Waals surface area contributed by atoms with E-state index in [9.17, 15) is 29.4 Å². The summed E-state index contributed by atoms with van der Waals surface area (Å²) in [5.41, 5.74) is 5.53. The molecule has 4 heterocycles. The first kappa shape index (κ1) is 48.1. The van der Waals surface area contributed by atoms with E-state index in [1.54, 1.807) is 60.7 Å². The molecule has 15 heteroatoms. The Labute approximate surface area is 411 Å². The van der Waals surface area contributed by atoms with Crippen LogP contribution in [0, 0.1) is 5.92 Å². The minimum Gasteiger partial charge on any atom is -0.506 e. The van der Waals surface area contributed by atoms with E-state index >= 15 is 0 Å². The number of pyridine rings is 1. The van der Waals surface area contributed by atoms with Gasteiger partial charge in [-0.15, -0.1) is 0 Å². The normalized spacial score (nSPS) is 16.9. The third kappa shape index (κ3) is 12.3. The Hall–Kier alpha value is -7.98. The second-order valence-electron chi connectivity index (χ2n) is 17.8. The molecule has 364 valence electrons. The highest BCUT2D eigenvalue weighted by molar-refractivity contribution is 6.01. The SMILES string of the molecule is O=C(NC(c1ccccc1)c1cccc(OCc2ccc(C(=O)OCCN(C(=O)Nc3ccc(CNCC(O)c4ccc(O)c5[nH]c(=O)ccc45)cc3)c3ccccc3)cc2)c1)O[C@H]1CN2CCC1CC2. The molecule has 6 N–H and O–H groups in total. The topological polar surface area (TPSA) is 195 Å². The van der Waals surface area contributed by atoms with Crippen molar-refractivity contribution >= 4 is 40.4 Å². The largest absolute Gasteiger partial charge is 0.506 e. The molecule has 3 aliphatic heterocycles. The standard InChI is InChI=1S/C56H56N6O9/c63-48-24-22-46(47-23-25-51(65)59-53(47)48)49(64)34-57-33-37-16-20-43(21-17-37)58-55(67)62(44-11-5-2-6-12-44)30-31-69-54(66)41-18-14-38(15-19-41)36-70-45-13-7-10-42(32-45)52(40-8-3-1-4-9-40)60-56(68)71-50-35-61-28-26-39(50)27-29-61/h1-25,32,39,49-50,52,57,63-64H,26-31,33-36H2,(H,58,67)(H,59,65)(H,60,68)/t49?,50-,52?/m0/s1. The second kappa shape index (κ2) is 22.6. The van der Waals surface area contributed by atoms with Crippen LogP contribution in [0.15, 0.2) is 163 Å². The number of anilines is 2. The number of carbonyl (C=O) groups is 3. The van der Waals surface area contributed by atoms with Crippen LogP contribution in [0.5, 0.6) is 11.5 Å². The van der Waals surface area contributed by atoms with Gasteiger partial charge >= 0.3 is 18.1 Å². The molecule has 6 aromatic carbocycles. The van der Waals surface area contributed by atoms with E-state index in [1.807, 2.05) is 84.9 Å². The summed E-state index contributed by atoms with van der Waals surface area (Å²) in [6.07, 6.45) is 0.650. The fourth-order valence-corrected chi connectivity index (χ4v) is 9.20. The highest BCUT2D eigenvalue weighted by Gasteiger charge is 2.37. The summed E-state index contributed by atoms with van der Waals surface area (Å²) in [5.74, 6) is 0.411. The first-order chi connectivity index (χ1) is 34.6. The molecule has 3 atom stereocenters. The Morgan fingerprint density at radius 2 is 1.51 bits per heavy atom. The first-order valence-corrected chi connectivity index (χ1v) is 23.8. The molecule has 3 amide bonds. The van der Waals surface area contributed by atoms with Crippen LogP contribution in [0.3, 0.4) is 0 Å². The summed E-state index contributed by atoms with van der Waals surface area (Å²) < 4.78 is 17.8. The first-order valence-electron chi connectivity index (χ1n) is 23.8. The summed E-state index contributed by atoms with van der Waals surface area (Å²) in [5, 5.41) is 30.9. The lowest BCUT2D eigenvalue weighted by Gasteiger charge is -2.43. The molecule has 0 aliphatic carbocycles. The summed E-state index contributed by atoms with van der Waals surface area (Å²) >= 11 is 0. The zero-order valence-electron chi connectivity index (χ0n) is 39.0. The Bertz CT molecular complexity index is 2980. The van der Waals surface area contributed by atoms with Gasteiger partial charge in [0, 0.05) is 42.5 Å². The van der Waals surface area contributed by atoms with Crippen LogP contribution in [0.25, 0.3) is 10.9 Å². The summed E-state index contributed by atoms with van der Waals surface area (Å²) in [6.45, 7) is 3.81. The predicted molar refractivity (Wildman–Crippen MR) is 271 cm³/mol. The number of nitrogens with one attached hydrogen (secondary N) is 4. The van der Waals surface area contributed by atoms with Crippen LogP contribution in [0.4, 0.5) is 21.0 Å². The fraction of sp³-hybridized carbons (Fsp3) is 0.250. The molecule has 3 fully saturated rings. The highest BCUT2D eigenvalue weighted by atomic mass is 16.6. The third-order valence-electron chi connectivity index (χ3n) is 13.0. The molecule has 7 aromatic rings.